The number of fused-ring (bicyclic) bond motifs is 1. The molecule has 2 unspecified atom stereocenters. The summed E-state index contributed by atoms with van der Waals surface area (Å²) in [5, 5.41) is 9.57. The predicted octanol–water partition coefficient (Wildman–Crippen LogP) is 3.05. The van der Waals surface area contributed by atoms with Gasteiger partial charge in [0.2, 0.25) is 0 Å². The molecular weight excluding hydrogens is 292 g/mol. The summed E-state index contributed by atoms with van der Waals surface area (Å²) in [7, 11) is 0. The van der Waals surface area contributed by atoms with Gasteiger partial charge in [-0.15, -0.1) is 23.7 Å². The number of benzene rings is 1. The summed E-state index contributed by atoms with van der Waals surface area (Å²) in [6.07, 6.45) is 1.01. The molecule has 1 aliphatic heterocycles. The van der Waals surface area contributed by atoms with Crippen LogP contribution >= 0.6 is 23.7 Å². The number of hydrogen-bond acceptors (Lipinski definition) is 3. The molecule has 3 nitrogen and oxygen atoms in total. The SMILES string of the molecule is CC1CNCCC1NC(=O)c1csc2ccccc12.Cl. The predicted molar refractivity (Wildman–Crippen MR) is 87.0 cm³/mol. The van der Waals surface area contributed by atoms with Crippen LogP contribution in [0.3, 0.4) is 0 Å². The van der Waals surface area contributed by atoms with Crippen LogP contribution in [0.2, 0.25) is 0 Å². The molecule has 0 saturated carbocycles. The van der Waals surface area contributed by atoms with Crippen molar-refractivity contribution in [2.45, 2.75) is 19.4 Å². The van der Waals surface area contributed by atoms with Gasteiger partial charge < -0.3 is 10.6 Å². The van der Waals surface area contributed by atoms with Crippen LogP contribution in [0.1, 0.15) is 23.7 Å². The van der Waals surface area contributed by atoms with Crippen molar-refractivity contribution in [3.63, 3.8) is 0 Å². The minimum absolute atomic E-state index is 0. The fourth-order valence-corrected chi connectivity index (χ4v) is 3.57. The van der Waals surface area contributed by atoms with E-state index in [9.17, 15) is 4.79 Å². The third kappa shape index (κ3) is 2.97. The summed E-state index contributed by atoms with van der Waals surface area (Å²) in [6.45, 7) is 4.15. The average molecular weight is 311 g/mol. The quantitative estimate of drug-likeness (QED) is 0.895. The first kappa shape index (κ1) is 15.3. The molecule has 20 heavy (non-hydrogen) atoms. The van der Waals surface area contributed by atoms with E-state index in [0.29, 0.717) is 5.92 Å². The van der Waals surface area contributed by atoms with Gasteiger partial charge in [0.05, 0.1) is 5.56 Å². The second-order valence-corrected chi connectivity index (χ2v) is 6.11. The Bertz CT molecular complexity index is 598. The van der Waals surface area contributed by atoms with Crippen molar-refractivity contribution in [1.29, 1.82) is 0 Å². The first-order chi connectivity index (χ1) is 9.25. The number of rotatable bonds is 2. The van der Waals surface area contributed by atoms with Crippen LogP contribution in [0.4, 0.5) is 0 Å². The molecule has 2 aromatic rings. The zero-order valence-corrected chi connectivity index (χ0v) is 13.0. The lowest BCUT2D eigenvalue weighted by Crippen LogP contribution is -2.48. The normalized spacial score (nSPS) is 22.2. The van der Waals surface area contributed by atoms with Crippen LogP contribution < -0.4 is 10.6 Å². The molecule has 0 bridgehead atoms. The van der Waals surface area contributed by atoms with E-state index >= 15 is 0 Å². The van der Waals surface area contributed by atoms with Gasteiger partial charge in [-0.05, 0) is 31.5 Å². The number of hydrogen-bond donors (Lipinski definition) is 2. The smallest absolute Gasteiger partial charge is 0.252 e. The van der Waals surface area contributed by atoms with E-state index in [1.807, 2.05) is 23.6 Å². The van der Waals surface area contributed by atoms with Crippen LogP contribution in [-0.2, 0) is 0 Å². The third-order valence-corrected chi connectivity index (χ3v) is 4.79. The first-order valence-electron chi connectivity index (χ1n) is 6.73. The fraction of sp³-hybridized carbons (Fsp3) is 0.400. The maximum absolute atomic E-state index is 12.4. The highest BCUT2D eigenvalue weighted by molar-refractivity contribution is 7.17. The molecule has 1 aromatic heterocycles. The fourth-order valence-electron chi connectivity index (χ4n) is 2.63. The molecule has 1 aliphatic rings. The Balaban J connectivity index is 0.00000147. The molecule has 1 fully saturated rings. The molecular formula is C15H19ClN2OS. The van der Waals surface area contributed by atoms with E-state index in [-0.39, 0.29) is 24.4 Å². The molecule has 2 heterocycles. The average Bonchev–Trinajstić information content (AvgIpc) is 2.85. The van der Waals surface area contributed by atoms with Gasteiger partial charge in [0.25, 0.3) is 5.91 Å². The molecule has 1 amide bonds. The Morgan fingerprint density at radius 3 is 3.00 bits per heavy atom. The van der Waals surface area contributed by atoms with Gasteiger partial charge in [-0.1, -0.05) is 25.1 Å². The van der Waals surface area contributed by atoms with Crippen LogP contribution in [0, 0.1) is 5.92 Å². The summed E-state index contributed by atoms with van der Waals surface area (Å²) < 4.78 is 1.17. The number of halogens is 1. The second-order valence-electron chi connectivity index (χ2n) is 5.20. The lowest BCUT2D eigenvalue weighted by molar-refractivity contribution is 0.0916. The monoisotopic (exact) mass is 310 g/mol. The molecule has 2 atom stereocenters. The van der Waals surface area contributed by atoms with Gasteiger partial charge in [0, 0.05) is 21.5 Å². The van der Waals surface area contributed by atoms with Crippen molar-refractivity contribution in [2.24, 2.45) is 5.92 Å². The number of carbonyl (C=O) groups is 1. The molecule has 0 spiro atoms. The Labute approximate surface area is 129 Å². The minimum Gasteiger partial charge on any atom is -0.349 e. The van der Waals surface area contributed by atoms with Crippen molar-refractivity contribution >= 4 is 39.7 Å². The number of amides is 1. The molecule has 108 valence electrons. The topological polar surface area (TPSA) is 41.1 Å². The van der Waals surface area contributed by atoms with Crippen LogP contribution in [-0.4, -0.2) is 25.0 Å². The van der Waals surface area contributed by atoms with Gasteiger partial charge in [0.15, 0.2) is 0 Å². The van der Waals surface area contributed by atoms with Crippen LogP contribution in [0.15, 0.2) is 29.6 Å². The van der Waals surface area contributed by atoms with Gasteiger partial charge >= 0.3 is 0 Å². The van der Waals surface area contributed by atoms with E-state index in [2.05, 4.69) is 23.6 Å². The van der Waals surface area contributed by atoms with Gasteiger partial charge in [-0.2, -0.15) is 0 Å². The van der Waals surface area contributed by atoms with Crippen molar-refractivity contribution in [3.05, 3.63) is 35.2 Å². The maximum Gasteiger partial charge on any atom is 0.252 e. The molecule has 1 saturated heterocycles. The van der Waals surface area contributed by atoms with Gasteiger partial charge in [0.1, 0.15) is 0 Å². The summed E-state index contributed by atoms with van der Waals surface area (Å²) >= 11 is 1.63. The first-order valence-corrected chi connectivity index (χ1v) is 7.61. The van der Waals surface area contributed by atoms with E-state index < -0.39 is 0 Å². The van der Waals surface area contributed by atoms with E-state index in [1.165, 1.54) is 4.70 Å². The summed E-state index contributed by atoms with van der Waals surface area (Å²) in [5.74, 6) is 0.554. The van der Waals surface area contributed by atoms with Crippen molar-refractivity contribution in [2.75, 3.05) is 13.1 Å². The number of piperidine rings is 1. The lowest BCUT2D eigenvalue weighted by Gasteiger charge is -2.30. The Hall–Kier alpha value is -1.10. The zero-order chi connectivity index (χ0) is 13.2. The third-order valence-electron chi connectivity index (χ3n) is 3.83. The van der Waals surface area contributed by atoms with Crippen molar-refractivity contribution < 1.29 is 4.79 Å². The molecule has 1 aromatic carbocycles. The van der Waals surface area contributed by atoms with Crippen molar-refractivity contribution in [1.82, 2.24) is 10.6 Å². The largest absolute Gasteiger partial charge is 0.349 e. The number of thiophene rings is 1. The number of carbonyl (C=O) groups excluding carboxylic acids is 1. The lowest BCUT2D eigenvalue weighted by atomic mass is 9.95. The Kier molecular flexibility index (Phi) is 5.02. The molecule has 5 heteroatoms. The van der Waals surface area contributed by atoms with Gasteiger partial charge in [-0.3, -0.25) is 4.79 Å². The molecule has 0 radical (unpaired) electrons. The number of nitrogens with one attached hydrogen (secondary N) is 2. The van der Waals surface area contributed by atoms with Crippen LogP contribution in [0.5, 0.6) is 0 Å². The maximum atomic E-state index is 12.4. The minimum atomic E-state index is 0. The summed E-state index contributed by atoms with van der Waals surface area (Å²) in [4.78, 5) is 12.4. The van der Waals surface area contributed by atoms with E-state index in [4.69, 9.17) is 0 Å². The van der Waals surface area contributed by atoms with E-state index in [0.717, 1.165) is 30.5 Å². The van der Waals surface area contributed by atoms with Crippen LogP contribution in [0.25, 0.3) is 10.1 Å². The van der Waals surface area contributed by atoms with E-state index in [1.54, 1.807) is 11.3 Å². The second kappa shape index (κ2) is 6.57. The highest BCUT2D eigenvalue weighted by Crippen LogP contribution is 2.25. The van der Waals surface area contributed by atoms with Gasteiger partial charge in [-0.25, -0.2) is 0 Å². The highest BCUT2D eigenvalue weighted by Gasteiger charge is 2.23. The molecule has 3 rings (SSSR count). The molecule has 0 aliphatic carbocycles. The summed E-state index contributed by atoms with van der Waals surface area (Å²) in [6, 6.07) is 8.36. The van der Waals surface area contributed by atoms with Crippen molar-refractivity contribution in [3.8, 4) is 0 Å². The Morgan fingerprint density at radius 2 is 2.20 bits per heavy atom. The standard InChI is InChI=1S/C15H18N2OS.ClH/c1-10-8-16-7-6-13(10)17-15(18)12-9-19-14-5-3-2-4-11(12)14;/h2-5,9-10,13,16H,6-8H2,1H3,(H,17,18);1H. The highest BCUT2D eigenvalue weighted by atomic mass is 35.5. The Morgan fingerprint density at radius 1 is 1.40 bits per heavy atom. The summed E-state index contributed by atoms with van der Waals surface area (Å²) in [5.41, 5.74) is 0.811. The molecule has 2 N–H and O–H groups in total. The zero-order valence-electron chi connectivity index (χ0n) is 11.4.